The Balaban J connectivity index is 1.80. The lowest BCUT2D eigenvalue weighted by atomic mass is 9.95. The number of aliphatic hydroxyl groups excluding tert-OH is 1. The van der Waals surface area contributed by atoms with Gasteiger partial charge in [0.25, 0.3) is 5.78 Å². The van der Waals surface area contributed by atoms with Crippen molar-refractivity contribution in [2.75, 3.05) is 18.6 Å². The van der Waals surface area contributed by atoms with Gasteiger partial charge in [0.05, 0.1) is 35.9 Å². The zero-order valence-electron chi connectivity index (χ0n) is 21.8. The first kappa shape index (κ1) is 27.1. The van der Waals surface area contributed by atoms with E-state index in [0.29, 0.717) is 39.8 Å². The van der Waals surface area contributed by atoms with Gasteiger partial charge in [-0.05, 0) is 55.3 Å². The number of unbranched alkanes of at least 4 members (excludes halogenated alkanes) is 2. The van der Waals surface area contributed by atoms with E-state index in [-0.39, 0.29) is 22.2 Å². The Hall–Kier alpha value is -3.98. The van der Waals surface area contributed by atoms with Gasteiger partial charge < -0.3 is 14.6 Å². The second-order valence-corrected chi connectivity index (χ2v) is 9.97. The van der Waals surface area contributed by atoms with E-state index in [1.807, 2.05) is 0 Å². The number of methoxy groups -OCH3 is 1. The number of hydrogen-bond acceptors (Lipinski definition) is 8. The summed E-state index contributed by atoms with van der Waals surface area (Å²) in [5.74, 6) is -0.890. The number of benzene rings is 2. The van der Waals surface area contributed by atoms with E-state index in [4.69, 9.17) is 9.47 Å². The quantitative estimate of drug-likeness (QED) is 0.114. The first-order valence-electron chi connectivity index (χ1n) is 12.4. The molecule has 0 radical (unpaired) electrons. The van der Waals surface area contributed by atoms with Gasteiger partial charge in [-0.3, -0.25) is 19.3 Å². The number of anilines is 1. The molecule has 38 heavy (non-hydrogen) atoms. The van der Waals surface area contributed by atoms with Crippen LogP contribution in [0.4, 0.5) is 5.13 Å². The molecule has 1 N–H and O–H groups in total. The van der Waals surface area contributed by atoms with Gasteiger partial charge in [0.15, 0.2) is 10.9 Å². The summed E-state index contributed by atoms with van der Waals surface area (Å²) in [7, 11) is 1.53. The normalized spacial score (nSPS) is 16.6. The lowest BCUT2D eigenvalue weighted by molar-refractivity contribution is -0.132. The van der Waals surface area contributed by atoms with Crippen LogP contribution in [0.15, 0.2) is 54.1 Å². The summed E-state index contributed by atoms with van der Waals surface area (Å²) in [5, 5.41) is 11.5. The summed E-state index contributed by atoms with van der Waals surface area (Å²) in [6, 6.07) is 12.7. The minimum atomic E-state index is -0.948. The highest BCUT2D eigenvalue weighted by atomic mass is 32.1. The van der Waals surface area contributed by atoms with Crippen molar-refractivity contribution in [3.63, 3.8) is 0 Å². The van der Waals surface area contributed by atoms with Crippen molar-refractivity contribution in [3.8, 4) is 11.5 Å². The number of ether oxygens (including phenoxy) is 2. The summed E-state index contributed by atoms with van der Waals surface area (Å²) in [6.07, 6.45) is 3.12. The molecule has 8 nitrogen and oxygen atoms in total. The van der Waals surface area contributed by atoms with Crippen molar-refractivity contribution in [2.45, 2.75) is 46.1 Å². The average molecular weight is 535 g/mol. The number of hydrogen-bond donors (Lipinski definition) is 1. The fourth-order valence-electron chi connectivity index (χ4n) is 4.35. The maximum atomic E-state index is 13.4. The van der Waals surface area contributed by atoms with E-state index < -0.39 is 17.7 Å². The molecule has 4 rings (SSSR count). The van der Waals surface area contributed by atoms with Gasteiger partial charge in [0.1, 0.15) is 17.3 Å². The number of amides is 1. The summed E-state index contributed by atoms with van der Waals surface area (Å²) in [5.41, 5.74) is 1.37. The molecule has 1 amide bonds. The van der Waals surface area contributed by atoms with E-state index in [1.165, 1.54) is 18.9 Å². The molecule has 2 heterocycles. The van der Waals surface area contributed by atoms with E-state index >= 15 is 0 Å². The number of thiazole rings is 1. The highest BCUT2D eigenvalue weighted by Gasteiger charge is 2.48. The minimum absolute atomic E-state index is 0.0611. The molecule has 1 atom stereocenters. The molecule has 0 saturated carbocycles. The Bertz CT molecular complexity index is 1380. The van der Waals surface area contributed by atoms with E-state index in [1.54, 1.807) is 55.5 Å². The maximum absolute atomic E-state index is 13.4. The molecule has 1 aliphatic heterocycles. The number of aliphatic hydroxyl groups is 1. The Kier molecular flexibility index (Phi) is 8.26. The molecule has 9 heteroatoms. The van der Waals surface area contributed by atoms with Crippen LogP contribution in [-0.4, -0.2) is 41.3 Å². The molecule has 1 aromatic heterocycles. The lowest BCUT2D eigenvalue weighted by Gasteiger charge is -2.23. The zero-order chi connectivity index (χ0) is 27.4. The topological polar surface area (TPSA) is 106 Å². The SMILES string of the molecule is CCCCCOc1ccc([C@@H]2C(=C(O)c3ccc(OC)cc3)C(=O)C(=O)N2c2nc(C)c(C(C)=O)s2)cc1. The number of aryl methyl sites for hydroxylation is 1. The monoisotopic (exact) mass is 534 g/mol. The molecule has 2 aromatic carbocycles. The van der Waals surface area contributed by atoms with Crippen molar-refractivity contribution >= 4 is 39.7 Å². The Morgan fingerprint density at radius 1 is 1.05 bits per heavy atom. The lowest BCUT2D eigenvalue weighted by Crippen LogP contribution is -2.29. The fourth-order valence-corrected chi connectivity index (χ4v) is 5.34. The smallest absolute Gasteiger partial charge is 0.301 e. The number of ketones is 2. The number of rotatable bonds is 10. The molecule has 198 valence electrons. The van der Waals surface area contributed by atoms with Crippen LogP contribution in [0.1, 0.15) is 65.6 Å². The van der Waals surface area contributed by atoms with Crippen LogP contribution in [0.5, 0.6) is 11.5 Å². The van der Waals surface area contributed by atoms with Crippen LogP contribution in [0.2, 0.25) is 0 Å². The first-order chi connectivity index (χ1) is 18.3. The van der Waals surface area contributed by atoms with Crippen LogP contribution >= 0.6 is 11.3 Å². The summed E-state index contributed by atoms with van der Waals surface area (Å²) < 4.78 is 11.0. The van der Waals surface area contributed by atoms with Gasteiger partial charge in [-0.15, -0.1) is 0 Å². The van der Waals surface area contributed by atoms with Crippen molar-refractivity contribution in [1.82, 2.24) is 4.98 Å². The molecule has 0 spiro atoms. The molecular weight excluding hydrogens is 504 g/mol. The minimum Gasteiger partial charge on any atom is -0.507 e. The molecule has 0 bridgehead atoms. The highest BCUT2D eigenvalue weighted by molar-refractivity contribution is 7.18. The van der Waals surface area contributed by atoms with Gasteiger partial charge in [-0.2, -0.15) is 0 Å². The van der Waals surface area contributed by atoms with Gasteiger partial charge in [-0.1, -0.05) is 43.2 Å². The summed E-state index contributed by atoms with van der Waals surface area (Å²) >= 11 is 1.05. The zero-order valence-corrected chi connectivity index (χ0v) is 22.6. The average Bonchev–Trinajstić information content (AvgIpc) is 3.43. The third-order valence-corrected chi connectivity index (χ3v) is 7.59. The maximum Gasteiger partial charge on any atom is 0.301 e. The van der Waals surface area contributed by atoms with Crippen molar-refractivity contribution in [1.29, 1.82) is 0 Å². The predicted octanol–water partition coefficient (Wildman–Crippen LogP) is 5.86. The van der Waals surface area contributed by atoms with Gasteiger partial charge in [-0.25, -0.2) is 4.98 Å². The first-order valence-corrected chi connectivity index (χ1v) is 13.2. The Morgan fingerprint density at radius 3 is 2.29 bits per heavy atom. The second kappa shape index (κ2) is 11.6. The van der Waals surface area contributed by atoms with E-state index in [2.05, 4.69) is 11.9 Å². The van der Waals surface area contributed by atoms with Crippen LogP contribution in [0.3, 0.4) is 0 Å². The van der Waals surface area contributed by atoms with Crippen LogP contribution in [0, 0.1) is 6.92 Å². The number of Topliss-reactive ketones (excluding diaryl/α,β-unsaturated/α-hetero) is 2. The third kappa shape index (κ3) is 5.33. The molecule has 3 aromatic rings. The predicted molar refractivity (Wildman–Crippen MR) is 146 cm³/mol. The Morgan fingerprint density at radius 2 is 1.71 bits per heavy atom. The number of carbonyl (C=O) groups excluding carboxylic acids is 3. The summed E-state index contributed by atoms with van der Waals surface area (Å²) in [4.78, 5) is 44.9. The molecular formula is C29H30N2O6S. The standard InChI is InChI=1S/C29H30N2O6S/c1-5-6-7-16-37-22-14-8-19(9-15-22)24-23(25(33)20-10-12-21(36-4)13-11-20)26(34)28(35)31(24)29-30-17(2)27(38-29)18(3)32/h8-15,24,33H,5-7,16H2,1-4H3/t24-/m1/s1. The largest absolute Gasteiger partial charge is 0.507 e. The Labute approximate surface area is 225 Å². The molecule has 0 unspecified atom stereocenters. The van der Waals surface area contributed by atoms with Crippen LogP contribution in [-0.2, 0) is 9.59 Å². The highest BCUT2D eigenvalue weighted by Crippen LogP contribution is 2.44. The fraction of sp³-hybridized carbons (Fsp3) is 0.310. The van der Waals surface area contributed by atoms with Crippen LogP contribution in [0.25, 0.3) is 5.76 Å². The summed E-state index contributed by atoms with van der Waals surface area (Å²) in [6.45, 7) is 5.83. The van der Waals surface area contributed by atoms with E-state index in [9.17, 15) is 19.5 Å². The van der Waals surface area contributed by atoms with Crippen LogP contribution < -0.4 is 14.4 Å². The third-order valence-electron chi connectivity index (χ3n) is 6.33. The molecule has 1 fully saturated rings. The molecule has 1 saturated heterocycles. The van der Waals surface area contributed by atoms with E-state index in [0.717, 1.165) is 30.6 Å². The van der Waals surface area contributed by atoms with Gasteiger partial charge >= 0.3 is 5.91 Å². The van der Waals surface area contributed by atoms with Crippen molar-refractivity contribution < 1.29 is 29.0 Å². The van der Waals surface area contributed by atoms with Gasteiger partial charge in [0, 0.05) is 12.5 Å². The molecule has 0 aliphatic carbocycles. The number of aromatic nitrogens is 1. The van der Waals surface area contributed by atoms with Gasteiger partial charge in [0.2, 0.25) is 0 Å². The number of nitrogens with zero attached hydrogens (tertiary/aromatic N) is 2. The molecule has 1 aliphatic rings. The second-order valence-electron chi connectivity index (χ2n) is 8.99. The number of carbonyl (C=O) groups is 3. The van der Waals surface area contributed by atoms with Crippen molar-refractivity contribution in [3.05, 3.63) is 75.8 Å². The van der Waals surface area contributed by atoms with Crippen molar-refractivity contribution in [2.24, 2.45) is 0 Å².